The van der Waals surface area contributed by atoms with Crippen LogP contribution in [0.1, 0.15) is 19.3 Å². The highest BCUT2D eigenvalue weighted by Crippen LogP contribution is 2.36. The third kappa shape index (κ3) is 1.53. The third-order valence-corrected chi connectivity index (χ3v) is 4.11. The molecule has 0 spiro atoms. The maximum absolute atomic E-state index is 4.89. The largest absolute Gasteiger partial charge is 0.349 e. The van der Waals surface area contributed by atoms with Crippen LogP contribution in [-0.4, -0.2) is 11.9 Å². The van der Waals surface area contributed by atoms with Crippen LogP contribution in [0.25, 0.3) is 5.57 Å². The van der Waals surface area contributed by atoms with Gasteiger partial charge in [-0.2, -0.15) is 0 Å². The fourth-order valence-electron chi connectivity index (χ4n) is 3.24. The number of fused-ring (bicyclic) bond motifs is 3. The molecule has 19 heavy (non-hydrogen) atoms. The number of hydrogen-bond donors (Lipinski definition) is 0. The summed E-state index contributed by atoms with van der Waals surface area (Å²) in [6.45, 7) is 0. The van der Waals surface area contributed by atoms with E-state index >= 15 is 0 Å². The minimum absolute atomic E-state index is 1.13. The van der Waals surface area contributed by atoms with Crippen molar-refractivity contribution in [3.63, 3.8) is 0 Å². The number of hydrogen-bond acceptors (Lipinski definition) is 2. The normalized spacial score (nSPS) is 20.4. The lowest BCUT2D eigenvalue weighted by molar-refractivity contribution is 0.561. The highest BCUT2D eigenvalue weighted by atomic mass is 15.1. The second-order valence-corrected chi connectivity index (χ2v) is 5.30. The van der Waals surface area contributed by atoms with E-state index in [4.69, 9.17) is 4.99 Å². The lowest BCUT2D eigenvalue weighted by atomic mass is 10.0. The summed E-state index contributed by atoms with van der Waals surface area (Å²) < 4.78 is 0. The molecule has 0 bridgehead atoms. The standard InChI is InChI=1S/C17H16N2/c1-19-11-5-7-12-6-4-9-14-13-8-2-3-10-15(13)18-16(14)17(12)19/h2-3,5,7-8,10-11H,4,6,9H2,1H3. The van der Waals surface area contributed by atoms with Crippen LogP contribution in [0, 0.1) is 0 Å². The van der Waals surface area contributed by atoms with E-state index in [1.165, 1.54) is 34.2 Å². The molecule has 4 rings (SSSR count). The summed E-state index contributed by atoms with van der Waals surface area (Å²) in [7, 11) is 2.12. The topological polar surface area (TPSA) is 15.6 Å². The molecule has 3 aliphatic rings. The van der Waals surface area contributed by atoms with Crippen LogP contribution in [-0.2, 0) is 0 Å². The average Bonchev–Trinajstić information content (AvgIpc) is 2.67. The second-order valence-electron chi connectivity index (χ2n) is 5.30. The Morgan fingerprint density at radius 3 is 3.00 bits per heavy atom. The molecule has 2 heteroatoms. The molecular formula is C17H16N2. The summed E-state index contributed by atoms with van der Waals surface area (Å²) in [5.74, 6) is 0. The monoisotopic (exact) mass is 248 g/mol. The van der Waals surface area contributed by atoms with Crippen molar-refractivity contribution in [2.45, 2.75) is 19.3 Å². The molecule has 2 nitrogen and oxygen atoms in total. The van der Waals surface area contributed by atoms with Gasteiger partial charge in [-0.25, -0.2) is 4.99 Å². The highest BCUT2D eigenvalue weighted by Gasteiger charge is 2.25. The first-order valence-corrected chi connectivity index (χ1v) is 6.87. The number of nitrogens with zero attached hydrogens (tertiary/aromatic N) is 2. The molecule has 2 aliphatic heterocycles. The van der Waals surface area contributed by atoms with Crippen LogP contribution in [0.15, 0.2) is 64.6 Å². The molecule has 0 fully saturated rings. The second kappa shape index (κ2) is 3.95. The van der Waals surface area contributed by atoms with Gasteiger partial charge in [-0.15, -0.1) is 0 Å². The highest BCUT2D eigenvalue weighted by molar-refractivity contribution is 5.70. The Morgan fingerprint density at radius 2 is 2.05 bits per heavy atom. The van der Waals surface area contributed by atoms with Crippen molar-refractivity contribution in [2.75, 3.05) is 7.05 Å². The summed E-state index contributed by atoms with van der Waals surface area (Å²) in [4.78, 5) is 7.11. The molecule has 0 unspecified atom stereocenters. The Balaban J connectivity index is 2.07. The van der Waals surface area contributed by atoms with Crippen molar-refractivity contribution in [1.82, 2.24) is 4.90 Å². The summed E-state index contributed by atoms with van der Waals surface area (Å²) in [6, 6.07) is 8.50. The molecule has 0 aromatic heterocycles. The molecule has 0 radical (unpaired) electrons. The lowest BCUT2D eigenvalue weighted by Crippen LogP contribution is -2.21. The van der Waals surface area contributed by atoms with Gasteiger partial charge < -0.3 is 4.90 Å². The average molecular weight is 248 g/mol. The van der Waals surface area contributed by atoms with Gasteiger partial charge in [0, 0.05) is 18.5 Å². The molecule has 1 aromatic rings. The lowest BCUT2D eigenvalue weighted by Gasteiger charge is -2.24. The van der Waals surface area contributed by atoms with Crippen LogP contribution in [0.2, 0.25) is 0 Å². The summed E-state index contributed by atoms with van der Waals surface area (Å²) in [5, 5.41) is 2.46. The van der Waals surface area contributed by atoms with Gasteiger partial charge in [0.25, 0.3) is 0 Å². The number of benzene rings is 1. The first kappa shape index (κ1) is 10.8. The van der Waals surface area contributed by atoms with Crippen LogP contribution in [0.3, 0.4) is 0 Å². The van der Waals surface area contributed by atoms with Crippen molar-refractivity contribution in [3.8, 4) is 0 Å². The Hall–Kier alpha value is -2.09. The molecule has 94 valence electrons. The van der Waals surface area contributed by atoms with E-state index in [0.29, 0.717) is 0 Å². The van der Waals surface area contributed by atoms with Crippen molar-refractivity contribution in [3.05, 3.63) is 70.2 Å². The van der Waals surface area contributed by atoms with Crippen LogP contribution in [0.5, 0.6) is 0 Å². The van der Waals surface area contributed by atoms with Gasteiger partial charge in [0.05, 0.1) is 16.8 Å². The summed E-state index contributed by atoms with van der Waals surface area (Å²) in [5.41, 5.74) is 5.34. The van der Waals surface area contributed by atoms with Crippen molar-refractivity contribution in [1.29, 1.82) is 0 Å². The Bertz CT molecular complexity index is 763. The quantitative estimate of drug-likeness (QED) is 0.687. The maximum Gasteiger partial charge on any atom is 0.0915 e. The van der Waals surface area contributed by atoms with Gasteiger partial charge >= 0.3 is 0 Å². The Kier molecular flexibility index (Phi) is 2.25. The van der Waals surface area contributed by atoms with E-state index in [1.807, 2.05) is 0 Å². The van der Waals surface area contributed by atoms with E-state index in [2.05, 4.69) is 54.6 Å². The van der Waals surface area contributed by atoms with Crippen LogP contribution in [0.4, 0.5) is 0 Å². The van der Waals surface area contributed by atoms with Gasteiger partial charge in [0.15, 0.2) is 0 Å². The van der Waals surface area contributed by atoms with E-state index in [-0.39, 0.29) is 0 Å². The van der Waals surface area contributed by atoms with E-state index in [1.54, 1.807) is 0 Å². The van der Waals surface area contributed by atoms with Gasteiger partial charge in [-0.3, -0.25) is 0 Å². The predicted molar refractivity (Wildman–Crippen MR) is 76.5 cm³/mol. The molecule has 0 atom stereocenters. The van der Waals surface area contributed by atoms with Crippen molar-refractivity contribution in [2.24, 2.45) is 4.99 Å². The summed E-state index contributed by atoms with van der Waals surface area (Å²) in [6.07, 6.45) is 9.97. The Morgan fingerprint density at radius 1 is 1.16 bits per heavy atom. The first-order valence-electron chi connectivity index (χ1n) is 6.87. The van der Waals surface area contributed by atoms with E-state index in [0.717, 1.165) is 18.2 Å². The minimum Gasteiger partial charge on any atom is -0.349 e. The van der Waals surface area contributed by atoms with Crippen LogP contribution >= 0.6 is 0 Å². The fraction of sp³-hybridized carbons (Fsp3) is 0.235. The molecular weight excluding hydrogens is 232 g/mol. The molecule has 0 saturated carbocycles. The zero-order valence-electron chi connectivity index (χ0n) is 11.1. The molecule has 1 aliphatic carbocycles. The zero-order valence-corrected chi connectivity index (χ0v) is 11.1. The van der Waals surface area contributed by atoms with Gasteiger partial charge in [-0.1, -0.05) is 24.3 Å². The third-order valence-electron chi connectivity index (χ3n) is 4.11. The Labute approximate surface area is 112 Å². The maximum atomic E-state index is 4.89. The van der Waals surface area contributed by atoms with E-state index in [9.17, 15) is 0 Å². The smallest absolute Gasteiger partial charge is 0.0915 e. The van der Waals surface area contributed by atoms with E-state index < -0.39 is 0 Å². The van der Waals surface area contributed by atoms with Crippen molar-refractivity contribution < 1.29 is 0 Å². The number of allylic oxidation sites excluding steroid dienone is 4. The predicted octanol–water partition coefficient (Wildman–Crippen LogP) is 2.25. The first-order chi connectivity index (χ1) is 9.34. The summed E-state index contributed by atoms with van der Waals surface area (Å²) >= 11 is 0. The zero-order chi connectivity index (χ0) is 12.8. The van der Waals surface area contributed by atoms with Gasteiger partial charge in [-0.05, 0) is 42.6 Å². The minimum atomic E-state index is 1.13. The molecule has 0 saturated heterocycles. The molecule has 0 amide bonds. The number of rotatable bonds is 0. The molecule has 2 heterocycles. The van der Waals surface area contributed by atoms with Gasteiger partial charge in [0.2, 0.25) is 0 Å². The van der Waals surface area contributed by atoms with Crippen LogP contribution < -0.4 is 10.6 Å². The molecule has 1 aromatic carbocycles. The van der Waals surface area contributed by atoms with Crippen molar-refractivity contribution >= 4 is 5.57 Å². The fourth-order valence-corrected chi connectivity index (χ4v) is 3.24. The van der Waals surface area contributed by atoms with Gasteiger partial charge in [0.1, 0.15) is 0 Å². The number of para-hydroxylation sites is 1. The number of likely N-dealkylation sites (N-methyl/N-ethyl adjacent to an activating group) is 1. The molecule has 0 N–H and O–H groups in total. The SMILES string of the molecule is CN1C=CC=C2CCCC3=c4ccccc4=NC3=C21.